The molecule has 0 saturated carbocycles. The Hall–Kier alpha value is -4.65. The predicted molar refractivity (Wildman–Crippen MR) is 133 cm³/mol. The van der Waals surface area contributed by atoms with E-state index in [2.05, 4.69) is 10.5 Å². The van der Waals surface area contributed by atoms with Crippen molar-refractivity contribution >= 4 is 34.5 Å². The third kappa shape index (κ3) is 3.87. The summed E-state index contributed by atoms with van der Waals surface area (Å²) in [6, 6.07) is 24.4. The Kier molecular flexibility index (Phi) is 5.15. The molecule has 6 rings (SSSR count). The van der Waals surface area contributed by atoms with Crippen LogP contribution >= 0.6 is 0 Å². The molecule has 0 atom stereocenters. The van der Waals surface area contributed by atoms with Crippen LogP contribution in [0.5, 0.6) is 11.5 Å². The molecule has 4 aromatic carbocycles. The SMILES string of the molecule is O=C(NN=Cc1ccc2c(c1)OCCO2)c1ccc(CN2C(=O)c3cccc4cccc2c34)cc1. The maximum atomic E-state index is 13.0. The van der Waals surface area contributed by atoms with E-state index in [1.54, 1.807) is 23.2 Å². The molecule has 0 aliphatic carbocycles. The standard InChI is InChI=1S/C28H21N3O4/c32-27(30-29-16-19-9-12-24-25(15-19)35-14-13-34-24)21-10-7-18(8-11-21)17-31-23-6-2-4-20-3-1-5-22(26(20)23)28(31)33/h1-12,15-16H,13-14,17H2,(H,30,32). The van der Waals surface area contributed by atoms with Crippen LogP contribution in [0.2, 0.25) is 0 Å². The molecule has 2 aliphatic rings. The summed E-state index contributed by atoms with van der Waals surface area (Å²) in [6.45, 7) is 1.47. The Morgan fingerprint density at radius 1 is 0.943 bits per heavy atom. The van der Waals surface area contributed by atoms with Gasteiger partial charge in [0.1, 0.15) is 13.2 Å². The maximum Gasteiger partial charge on any atom is 0.271 e. The first-order valence-electron chi connectivity index (χ1n) is 11.3. The zero-order chi connectivity index (χ0) is 23.8. The van der Waals surface area contributed by atoms with E-state index >= 15 is 0 Å². The highest BCUT2D eigenvalue weighted by Gasteiger charge is 2.29. The first-order valence-corrected chi connectivity index (χ1v) is 11.3. The second kappa shape index (κ2) is 8.61. The number of amides is 2. The zero-order valence-corrected chi connectivity index (χ0v) is 18.7. The van der Waals surface area contributed by atoms with Gasteiger partial charge in [0, 0.05) is 16.5 Å². The third-order valence-electron chi connectivity index (χ3n) is 6.15. The Morgan fingerprint density at radius 2 is 1.71 bits per heavy atom. The van der Waals surface area contributed by atoms with Gasteiger partial charge in [-0.25, -0.2) is 5.43 Å². The first-order chi connectivity index (χ1) is 17.2. The highest BCUT2D eigenvalue weighted by molar-refractivity contribution is 6.24. The lowest BCUT2D eigenvalue weighted by atomic mass is 10.1. The predicted octanol–water partition coefficient (Wildman–Crippen LogP) is 4.54. The zero-order valence-electron chi connectivity index (χ0n) is 18.7. The lowest BCUT2D eigenvalue weighted by molar-refractivity contribution is 0.0953. The summed E-state index contributed by atoms with van der Waals surface area (Å²) in [5.74, 6) is 1.04. The molecule has 35 heavy (non-hydrogen) atoms. The van der Waals surface area contributed by atoms with E-state index in [0.29, 0.717) is 36.8 Å². The van der Waals surface area contributed by atoms with Crippen molar-refractivity contribution in [3.63, 3.8) is 0 Å². The monoisotopic (exact) mass is 463 g/mol. The molecule has 1 N–H and O–H groups in total. The summed E-state index contributed by atoms with van der Waals surface area (Å²) < 4.78 is 11.1. The number of anilines is 1. The van der Waals surface area contributed by atoms with Crippen molar-refractivity contribution in [1.82, 2.24) is 5.43 Å². The normalized spacial score (nSPS) is 14.1. The van der Waals surface area contributed by atoms with Crippen LogP contribution in [0.3, 0.4) is 0 Å². The number of ether oxygens (including phenoxy) is 2. The van der Waals surface area contributed by atoms with Crippen molar-refractivity contribution in [2.24, 2.45) is 5.10 Å². The Balaban J connectivity index is 1.12. The number of benzene rings is 4. The number of hydrogen-bond acceptors (Lipinski definition) is 5. The minimum absolute atomic E-state index is 0.00732. The molecule has 7 heteroatoms. The molecule has 0 radical (unpaired) electrons. The number of rotatable bonds is 5. The molecule has 2 heterocycles. The number of hydrogen-bond donors (Lipinski definition) is 1. The molecule has 2 aliphatic heterocycles. The van der Waals surface area contributed by atoms with Crippen molar-refractivity contribution in [2.75, 3.05) is 18.1 Å². The van der Waals surface area contributed by atoms with E-state index < -0.39 is 0 Å². The topological polar surface area (TPSA) is 80.2 Å². The van der Waals surface area contributed by atoms with E-state index in [0.717, 1.165) is 33.2 Å². The van der Waals surface area contributed by atoms with E-state index in [-0.39, 0.29) is 11.8 Å². The van der Waals surface area contributed by atoms with Gasteiger partial charge in [0.25, 0.3) is 11.8 Å². The third-order valence-corrected chi connectivity index (χ3v) is 6.15. The van der Waals surface area contributed by atoms with Crippen molar-refractivity contribution in [2.45, 2.75) is 6.54 Å². The van der Waals surface area contributed by atoms with Gasteiger partial charge in [0.15, 0.2) is 11.5 Å². The van der Waals surface area contributed by atoms with Gasteiger partial charge in [0.2, 0.25) is 0 Å². The van der Waals surface area contributed by atoms with E-state index in [1.807, 2.05) is 66.7 Å². The molecule has 2 amide bonds. The summed E-state index contributed by atoms with van der Waals surface area (Å²) >= 11 is 0. The number of hydrazone groups is 1. The summed E-state index contributed by atoms with van der Waals surface area (Å²) in [5, 5.41) is 6.10. The molecule has 172 valence electrons. The molecule has 4 aromatic rings. The highest BCUT2D eigenvalue weighted by Crippen LogP contribution is 2.38. The lowest BCUT2D eigenvalue weighted by Gasteiger charge is -2.18. The lowest BCUT2D eigenvalue weighted by Crippen LogP contribution is -2.26. The fraction of sp³-hybridized carbons (Fsp3) is 0.107. The van der Waals surface area contributed by atoms with Crippen LogP contribution in [0.1, 0.15) is 31.8 Å². The van der Waals surface area contributed by atoms with Gasteiger partial charge in [-0.2, -0.15) is 5.10 Å². The van der Waals surface area contributed by atoms with Gasteiger partial charge in [0.05, 0.1) is 18.4 Å². The average molecular weight is 463 g/mol. The van der Waals surface area contributed by atoms with Crippen molar-refractivity contribution in [3.8, 4) is 11.5 Å². The van der Waals surface area contributed by atoms with Crippen LogP contribution in [-0.4, -0.2) is 31.2 Å². The first kappa shape index (κ1) is 20.9. The molecule has 0 saturated heterocycles. The number of fused-ring (bicyclic) bond motifs is 1. The Bertz CT molecular complexity index is 1490. The number of carbonyl (C=O) groups is 2. The Morgan fingerprint density at radius 3 is 2.54 bits per heavy atom. The average Bonchev–Trinajstić information content (AvgIpc) is 3.17. The van der Waals surface area contributed by atoms with E-state index in [9.17, 15) is 9.59 Å². The fourth-order valence-electron chi connectivity index (χ4n) is 4.45. The van der Waals surface area contributed by atoms with Gasteiger partial charge in [-0.3, -0.25) is 9.59 Å². The Labute approximate surface area is 201 Å². The van der Waals surface area contributed by atoms with Gasteiger partial charge >= 0.3 is 0 Å². The molecule has 0 unspecified atom stereocenters. The summed E-state index contributed by atoms with van der Waals surface area (Å²) in [4.78, 5) is 27.3. The quantitative estimate of drug-likeness (QED) is 0.348. The van der Waals surface area contributed by atoms with Crippen LogP contribution in [0.15, 0.2) is 84.0 Å². The smallest absolute Gasteiger partial charge is 0.271 e. The molecular formula is C28H21N3O4. The second-order valence-electron chi connectivity index (χ2n) is 8.37. The molecule has 7 nitrogen and oxygen atoms in total. The molecular weight excluding hydrogens is 442 g/mol. The molecule has 0 fully saturated rings. The van der Waals surface area contributed by atoms with Crippen LogP contribution in [0.25, 0.3) is 10.8 Å². The second-order valence-corrected chi connectivity index (χ2v) is 8.37. The number of nitrogens with one attached hydrogen (secondary N) is 1. The largest absolute Gasteiger partial charge is 0.486 e. The van der Waals surface area contributed by atoms with Gasteiger partial charge in [-0.05, 0) is 59.0 Å². The van der Waals surface area contributed by atoms with Crippen LogP contribution < -0.4 is 19.8 Å². The minimum Gasteiger partial charge on any atom is -0.486 e. The highest BCUT2D eigenvalue weighted by atomic mass is 16.6. The van der Waals surface area contributed by atoms with Gasteiger partial charge < -0.3 is 14.4 Å². The van der Waals surface area contributed by atoms with Gasteiger partial charge in [-0.15, -0.1) is 0 Å². The van der Waals surface area contributed by atoms with Crippen LogP contribution in [0, 0.1) is 0 Å². The van der Waals surface area contributed by atoms with Crippen molar-refractivity contribution in [1.29, 1.82) is 0 Å². The fourth-order valence-corrected chi connectivity index (χ4v) is 4.45. The molecule has 0 aromatic heterocycles. The summed E-state index contributed by atoms with van der Waals surface area (Å²) in [7, 11) is 0. The van der Waals surface area contributed by atoms with Crippen molar-refractivity contribution in [3.05, 3.63) is 101 Å². The minimum atomic E-state index is -0.320. The van der Waals surface area contributed by atoms with Crippen LogP contribution in [0.4, 0.5) is 5.69 Å². The number of nitrogens with zero attached hydrogens (tertiary/aromatic N) is 2. The summed E-state index contributed by atoms with van der Waals surface area (Å²) in [5.41, 5.74) is 6.38. The summed E-state index contributed by atoms with van der Waals surface area (Å²) in [6.07, 6.45) is 1.56. The molecule has 0 spiro atoms. The van der Waals surface area contributed by atoms with E-state index in [1.165, 1.54) is 0 Å². The van der Waals surface area contributed by atoms with E-state index in [4.69, 9.17) is 9.47 Å². The number of carbonyl (C=O) groups excluding carboxylic acids is 2. The maximum absolute atomic E-state index is 13.0. The van der Waals surface area contributed by atoms with Gasteiger partial charge in [-0.1, -0.05) is 36.4 Å². The molecule has 0 bridgehead atoms. The van der Waals surface area contributed by atoms with Crippen LogP contribution in [-0.2, 0) is 6.54 Å². The van der Waals surface area contributed by atoms with Crippen molar-refractivity contribution < 1.29 is 19.1 Å².